The maximum atomic E-state index is 12.8. The van der Waals surface area contributed by atoms with Gasteiger partial charge in [0.05, 0.1) is 6.04 Å². The fourth-order valence-electron chi connectivity index (χ4n) is 6.22. The van der Waals surface area contributed by atoms with Crippen molar-refractivity contribution in [1.29, 1.82) is 0 Å². The number of likely N-dealkylation sites (tertiary alicyclic amines) is 1. The van der Waals surface area contributed by atoms with Gasteiger partial charge in [0.15, 0.2) is 0 Å². The summed E-state index contributed by atoms with van der Waals surface area (Å²) >= 11 is 0. The zero-order chi connectivity index (χ0) is 24.2. The van der Waals surface area contributed by atoms with E-state index >= 15 is 0 Å². The summed E-state index contributed by atoms with van der Waals surface area (Å²) in [5.41, 5.74) is 5.99. The molecule has 3 fully saturated rings. The smallest absolute Gasteiger partial charge is 0.265 e. The second kappa shape index (κ2) is 10.9. The Balaban J connectivity index is 1.39. The Morgan fingerprint density at radius 2 is 1.77 bits per heavy atom. The van der Waals surface area contributed by atoms with E-state index in [0.717, 1.165) is 63.1 Å². The molecule has 35 heavy (non-hydrogen) atoms. The van der Waals surface area contributed by atoms with Crippen LogP contribution in [0.3, 0.4) is 0 Å². The minimum absolute atomic E-state index is 0.0336. The van der Waals surface area contributed by atoms with E-state index in [1.54, 1.807) is 6.07 Å². The fourth-order valence-corrected chi connectivity index (χ4v) is 6.22. The predicted molar refractivity (Wildman–Crippen MR) is 139 cm³/mol. The van der Waals surface area contributed by atoms with E-state index in [-0.39, 0.29) is 17.7 Å². The Morgan fingerprint density at radius 1 is 1.00 bits per heavy atom. The molecular formula is C29H38N4O2. The van der Waals surface area contributed by atoms with E-state index in [1.165, 1.54) is 19.3 Å². The lowest BCUT2D eigenvalue weighted by Crippen LogP contribution is -2.45. The number of hydrogen-bond acceptors (Lipinski definition) is 5. The molecule has 2 N–H and O–H groups in total. The van der Waals surface area contributed by atoms with Crippen molar-refractivity contribution in [2.75, 3.05) is 32.7 Å². The lowest BCUT2D eigenvalue weighted by molar-refractivity contribution is 0.0750. The van der Waals surface area contributed by atoms with Gasteiger partial charge in [-0.25, -0.2) is 5.01 Å². The summed E-state index contributed by atoms with van der Waals surface area (Å²) in [7, 11) is 0. The van der Waals surface area contributed by atoms with Crippen LogP contribution < -0.4 is 5.43 Å². The summed E-state index contributed by atoms with van der Waals surface area (Å²) in [6.07, 6.45) is 9.15. The molecule has 3 atom stereocenters. The van der Waals surface area contributed by atoms with Gasteiger partial charge in [-0.2, -0.15) is 0 Å². The van der Waals surface area contributed by atoms with Gasteiger partial charge in [-0.05, 0) is 67.5 Å². The average molecular weight is 475 g/mol. The van der Waals surface area contributed by atoms with Gasteiger partial charge in [-0.15, -0.1) is 6.58 Å². The first-order valence-corrected chi connectivity index (χ1v) is 13.2. The third-order valence-corrected chi connectivity index (χ3v) is 7.96. The Kier molecular flexibility index (Phi) is 7.51. The summed E-state index contributed by atoms with van der Waals surface area (Å²) in [5.74, 6) is 0.245. The van der Waals surface area contributed by atoms with Gasteiger partial charge in [0, 0.05) is 50.4 Å². The van der Waals surface area contributed by atoms with Gasteiger partial charge in [-0.3, -0.25) is 20.0 Å². The van der Waals surface area contributed by atoms with Crippen molar-refractivity contribution < 1.29 is 9.90 Å². The molecule has 1 amide bonds. The van der Waals surface area contributed by atoms with Gasteiger partial charge in [0.1, 0.15) is 5.75 Å². The van der Waals surface area contributed by atoms with Gasteiger partial charge in [-0.1, -0.05) is 36.8 Å². The number of hydrazine groups is 1. The maximum absolute atomic E-state index is 12.8. The van der Waals surface area contributed by atoms with Gasteiger partial charge in [0.2, 0.25) is 0 Å². The topological polar surface area (TPSA) is 59.0 Å². The Morgan fingerprint density at radius 3 is 2.51 bits per heavy atom. The number of hydrogen-bond donors (Lipinski definition) is 2. The van der Waals surface area contributed by atoms with Crippen LogP contribution in [0.2, 0.25) is 0 Å². The van der Waals surface area contributed by atoms with Gasteiger partial charge in [0.25, 0.3) is 5.91 Å². The largest absolute Gasteiger partial charge is 0.508 e. The highest BCUT2D eigenvalue weighted by molar-refractivity contribution is 5.93. The highest BCUT2D eigenvalue weighted by Crippen LogP contribution is 2.37. The second-order valence-electron chi connectivity index (χ2n) is 10.3. The first-order valence-electron chi connectivity index (χ1n) is 13.2. The van der Waals surface area contributed by atoms with Crippen LogP contribution in [0.4, 0.5) is 0 Å². The van der Waals surface area contributed by atoms with Crippen LogP contribution >= 0.6 is 0 Å². The number of carbonyl (C=O) groups is 1. The molecule has 6 heteroatoms. The Labute approximate surface area is 209 Å². The van der Waals surface area contributed by atoms with Gasteiger partial charge >= 0.3 is 0 Å². The molecule has 2 bridgehead atoms. The number of rotatable bonds is 7. The number of piperidine rings is 1. The van der Waals surface area contributed by atoms with E-state index in [0.29, 0.717) is 17.6 Å². The van der Waals surface area contributed by atoms with Crippen molar-refractivity contribution in [3.63, 3.8) is 0 Å². The second-order valence-corrected chi connectivity index (χ2v) is 10.3. The van der Waals surface area contributed by atoms with Crippen LogP contribution in [0.5, 0.6) is 5.75 Å². The monoisotopic (exact) mass is 474 g/mol. The molecule has 0 spiro atoms. The third-order valence-electron chi connectivity index (χ3n) is 7.96. The molecule has 186 valence electrons. The standard InChI is InChI=1S/C29H38N4O2/c1-2-16-33-25-13-14-26(33)21-31(19-15-25)28(24-7-6-8-27(34)20-24)22-9-11-23(12-10-22)29(35)30-32-17-4-3-5-18-32/h2,6-12,20,25-26,28,34H,1,3-5,13-19,21H2,(H,30,35). The number of nitrogens with one attached hydrogen (secondary N) is 1. The zero-order valence-corrected chi connectivity index (χ0v) is 20.6. The van der Waals surface area contributed by atoms with E-state index in [9.17, 15) is 9.90 Å². The van der Waals surface area contributed by atoms with Crippen LogP contribution in [0.1, 0.15) is 66.1 Å². The summed E-state index contributed by atoms with van der Waals surface area (Å²) in [5, 5.41) is 12.3. The molecule has 0 radical (unpaired) electrons. The number of phenolic OH excluding ortho intramolecular Hbond substituents is 1. The molecule has 3 unspecified atom stereocenters. The van der Waals surface area contributed by atoms with Crippen molar-refractivity contribution in [2.24, 2.45) is 0 Å². The number of phenols is 1. The fraction of sp³-hybridized carbons (Fsp3) is 0.483. The van der Waals surface area contributed by atoms with Crippen molar-refractivity contribution >= 4 is 5.91 Å². The van der Waals surface area contributed by atoms with E-state index in [4.69, 9.17) is 0 Å². The molecule has 3 saturated heterocycles. The summed E-state index contributed by atoms with van der Waals surface area (Å²) in [4.78, 5) is 18.0. The number of carbonyl (C=O) groups excluding carboxylic acids is 1. The molecule has 0 aliphatic carbocycles. The summed E-state index contributed by atoms with van der Waals surface area (Å²) in [6, 6.07) is 16.9. The zero-order valence-electron chi connectivity index (χ0n) is 20.6. The first kappa shape index (κ1) is 24.0. The van der Waals surface area contributed by atoms with E-state index < -0.39 is 0 Å². The summed E-state index contributed by atoms with van der Waals surface area (Å²) in [6.45, 7) is 8.76. The minimum Gasteiger partial charge on any atom is -0.508 e. The lowest BCUT2D eigenvalue weighted by atomic mass is 9.94. The Bertz CT molecular complexity index is 1020. The number of nitrogens with zero attached hydrogens (tertiary/aromatic N) is 3. The third kappa shape index (κ3) is 5.45. The molecule has 5 rings (SSSR count). The van der Waals surface area contributed by atoms with Crippen molar-refractivity contribution in [2.45, 2.75) is 56.7 Å². The predicted octanol–water partition coefficient (Wildman–Crippen LogP) is 4.34. The quantitative estimate of drug-likeness (QED) is 0.585. The van der Waals surface area contributed by atoms with E-state index in [1.807, 2.05) is 35.4 Å². The molecule has 6 nitrogen and oxygen atoms in total. The number of benzene rings is 2. The van der Waals surface area contributed by atoms with Crippen LogP contribution in [0.25, 0.3) is 0 Å². The molecule has 2 aromatic carbocycles. The van der Waals surface area contributed by atoms with Crippen molar-refractivity contribution in [3.8, 4) is 5.75 Å². The molecule has 3 aliphatic rings. The van der Waals surface area contributed by atoms with Crippen molar-refractivity contribution in [1.82, 2.24) is 20.2 Å². The lowest BCUT2D eigenvalue weighted by Gasteiger charge is -2.34. The van der Waals surface area contributed by atoms with Crippen LogP contribution in [-0.4, -0.2) is 70.6 Å². The van der Waals surface area contributed by atoms with E-state index in [2.05, 4.69) is 40.0 Å². The molecule has 3 heterocycles. The maximum Gasteiger partial charge on any atom is 0.265 e. The van der Waals surface area contributed by atoms with Crippen LogP contribution in [-0.2, 0) is 0 Å². The van der Waals surface area contributed by atoms with Gasteiger partial charge < -0.3 is 5.11 Å². The minimum atomic E-state index is -0.0421. The van der Waals surface area contributed by atoms with Crippen LogP contribution in [0.15, 0.2) is 61.2 Å². The molecule has 3 aliphatic heterocycles. The highest BCUT2D eigenvalue weighted by Gasteiger charge is 2.38. The molecule has 0 aromatic heterocycles. The normalized spacial score (nSPS) is 24.6. The summed E-state index contributed by atoms with van der Waals surface area (Å²) < 4.78 is 0. The SMILES string of the molecule is C=CCN1C2CCC1CN(C(c1ccc(C(=O)NN3CCCCC3)cc1)c1cccc(O)c1)CC2. The number of aromatic hydroxyl groups is 1. The first-order chi connectivity index (χ1) is 17.1. The van der Waals surface area contributed by atoms with Crippen molar-refractivity contribution in [3.05, 3.63) is 77.9 Å². The molecule has 0 saturated carbocycles. The molecular weight excluding hydrogens is 436 g/mol. The highest BCUT2D eigenvalue weighted by atomic mass is 16.3. The molecule has 2 aromatic rings. The Hall–Kier alpha value is -2.67. The number of fused-ring (bicyclic) bond motifs is 2. The number of amides is 1. The van der Waals surface area contributed by atoms with Crippen LogP contribution in [0, 0.1) is 0 Å². The average Bonchev–Trinajstić information content (AvgIpc) is 3.15.